The molecule has 4 aliphatic rings. The Kier molecular flexibility index (Phi) is 4.02. The average molecular weight is 308 g/mol. The molecule has 4 fully saturated rings. The molecule has 0 heterocycles. The third kappa shape index (κ3) is 2.49. The molecule has 0 saturated heterocycles. The molecule has 4 bridgehead atoms. The molecule has 0 aromatic rings. The van der Waals surface area contributed by atoms with Gasteiger partial charge in [0.05, 0.1) is 10.5 Å². The van der Waals surface area contributed by atoms with Crippen molar-refractivity contribution in [2.45, 2.75) is 64.3 Å². The van der Waals surface area contributed by atoms with Crippen molar-refractivity contribution in [1.29, 1.82) is 0 Å². The fraction of sp³-hybridized carbons (Fsp3) is 0.882. The van der Waals surface area contributed by atoms with Crippen LogP contribution in [0.1, 0.15) is 58.8 Å². The SMILES string of the molecule is CCC(CC)(NC(=O)C1C2CC3CC(C2)CC1C3)C(N)=S. The van der Waals surface area contributed by atoms with Gasteiger partial charge in [0.25, 0.3) is 0 Å². The Bertz CT molecular complexity index is 416. The zero-order valence-electron chi connectivity index (χ0n) is 13.2. The molecule has 4 aliphatic carbocycles. The number of carbonyl (C=O) groups excluding carboxylic acids is 1. The zero-order chi connectivity index (χ0) is 15.2. The van der Waals surface area contributed by atoms with Crippen molar-refractivity contribution in [1.82, 2.24) is 5.32 Å². The molecule has 0 aliphatic heterocycles. The van der Waals surface area contributed by atoms with Crippen LogP contribution < -0.4 is 11.1 Å². The number of rotatable bonds is 5. The van der Waals surface area contributed by atoms with Crippen molar-refractivity contribution in [3.8, 4) is 0 Å². The zero-order valence-corrected chi connectivity index (χ0v) is 14.0. The van der Waals surface area contributed by atoms with Crippen molar-refractivity contribution in [2.75, 3.05) is 0 Å². The molecule has 0 aromatic heterocycles. The Labute approximate surface area is 133 Å². The summed E-state index contributed by atoms with van der Waals surface area (Å²) in [6.45, 7) is 4.11. The first-order valence-corrected chi connectivity index (χ1v) is 9.01. The fourth-order valence-corrected chi connectivity index (χ4v) is 5.85. The van der Waals surface area contributed by atoms with E-state index in [0.29, 0.717) is 16.8 Å². The van der Waals surface area contributed by atoms with Crippen LogP contribution in [0.5, 0.6) is 0 Å². The van der Waals surface area contributed by atoms with Gasteiger partial charge in [-0.1, -0.05) is 26.1 Å². The highest BCUT2D eigenvalue weighted by Gasteiger charge is 2.51. The highest BCUT2D eigenvalue weighted by molar-refractivity contribution is 7.80. The number of nitrogens with one attached hydrogen (secondary N) is 1. The van der Waals surface area contributed by atoms with E-state index in [1.54, 1.807) is 0 Å². The van der Waals surface area contributed by atoms with Crippen LogP contribution in [0.2, 0.25) is 0 Å². The maximum absolute atomic E-state index is 12.9. The minimum atomic E-state index is -0.485. The lowest BCUT2D eigenvalue weighted by Gasteiger charge is -2.54. The summed E-state index contributed by atoms with van der Waals surface area (Å²) in [5, 5.41) is 3.25. The summed E-state index contributed by atoms with van der Waals surface area (Å²) in [5.74, 6) is 3.45. The summed E-state index contributed by atoms with van der Waals surface area (Å²) in [7, 11) is 0. The Morgan fingerprint density at radius 1 is 1.10 bits per heavy atom. The number of hydrogen-bond donors (Lipinski definition) is 2. The maximum Gasteiger partial charge on any atom is 0.224 e. The van der Waals surface area contributed by atoms with Crippen molar-refractivity contribution >= 4 is 23.1 Å². The van der Waals surface area contributed by atoms with Crippen LogP contribution >= 0.6 is 12.2 Å². The normalized spacial score (nSPS) is 37.5. The van der Waals surface area contributed by atoms with Gasteiger partial charge in [0.2, 0.25) is 5.91 Å². The largest absolute Gasteiger partial charge is 0.391 e. The molecule has 4 heteroatoms. The standard InChI is InChI=1S/C17H28N2OS/c1-3-17(4-2,16(18)21)19-15(20)14-12-6-10-5-11(8-12)9-13(14)7-10/h10-14H,3-9H2,1-2H3,(H2,18,21)(H,19,20). The monoisotopic (exact) mass is 308 g/mol. The minimum absolute atomic E-state index is 0.213. The molecule has 0 unspecified atom stereocenters. The number of amides is 1. The summed E-state index contributed by atoms with van der Waals surface area (Å²) in [6.07, 6.45) is 8.04. The lowest BCUT2D eigenvalue weighted by Crippen LogP contribution is -2.60. The third-order valence-corrected chi connectivity index (χ3v) is 6.96. The molecule has 0 atom stereocenters. The van der Waals surface area contributed by atoms with E-state index >= 15 is 0 Å². The van der Waals surface area contributed by atoms with Gasteiger partial charge in [-0.2, -0.15) is 0 Å². The smallest absolute Gasteiger partial charge is 0.224 e. The van der Waals surface area contributed by atoms with Gasteiger partial charge in [-0.25, -0.2) is 0 Å². The second kappa shape index (κ2) is 5.53. The van der Waals surface area contributed by atoms with E-state index in [1.807, 2.05) is 0 Å². The van der Waals surface area contributed by atoms with Crippen molar-refractivity contribution in [3.63, 3.8) is 0 Å². The van der Waals surface area contributed by atoms with Crippen LogP contribution in [-0.4, -0.2) is 16.4 Å². The van der Waals surface area contributed by atoms with E-state index in [1.165, 1.54) is 32.1 Å². The van der Waals surface area contributed by atoms with Crippen LogP contribution in [0.15, 0.2) is 0 Å². The fourth-order valence-electron chi connectivity index (χ4n) is 5.51. The van der Waals surface area contributed by atoms with E-state index in [0.717, 1.165) is 24.7 Å². The highest BCUT2D eigenvalue weighted by Crippen LogP contribution is 2.56. The topological polar surface area (TPSA) is 55.1 Å². The van der Waals surface area contributed by atoms with E-state index < -0.39 is 5.54 Å². The van der Waals surface area contributed by atoms with E-state index in [9.17, 15) is 4.79 Å². The molecule has 3 N–H and O–H groups in total. The van der Waals surface area contributed by atoms with Gasteiger partial charge in [0.1, 0.15) is 0 Å². The summed E-state index contributed by atoms with van der Waals surface area (Å²) in [4.78, 5) is 13.4. The Balaban J connectivity index is 1.75. The van der Waals surface area contributed by atoms with Crippen LogP contribution in [0, 0.1) is 29.6 Å². The van der Waals surface area contributed by atoms with Crippen molar-refractivity contribution in [2.24, 2.45) is 35.3 Å². The highest BCUT2D eigenvalue weighted by atomic mass is 32.1. The first-order chi connectivity index (χ1) is 9.99. The van der Waals surface area contributed by atoms with Crippen LogP contribution in [0.4, 0.5) is 0 Å². The molecule has 3 nitrogen and oxygen atoms in total. The average Bonchev–Trinajstić information content (AvgIpc) is 2.43. The second-order valence-corrected chi connectivity index (χ2v) is 8.04. The van der Waals surface area contributed by atoms with Gasteiger partial charge in [0, 0.05) is 5.92 Å². The maximum atomic E-state index is 12.9. The molecule has 4 saturated carbocycles. The quantitative estimate of drug-likeness (QED) is 0.768. The first-order valence-electron chi connectivity index (χ1n) is 8.61. The van der Waals surface area contributed by atoms with E-state index in [2.05, 4.69) is 19.2 Å². The third-order valence-electron chi connectivity index (χ3n) is 6.57. The molecule has 0 aromatic carbocycles. The lowest BCUT2D eigenvalue weighted by atomic mass is 9.51. The molecule has 1 amide bonds. The predicted molar refractivity (Wildman–Crippen MR) is 88.8 cm³/mol. The van der Waals surface area contributed by atoms with Gasteiger partial charge >= 0.3 is 0 Å². The number of nitrogens with two attached hydrogens (primary N) is 1. The first kappa shape index (κ1) is 15.3. The minimum Gasteiger partial charge on any atom is -0.391 e. The van der Waals surface area contributed by atoms with Crippen LogP contribution in [-0.2, 0) is 4.79 Å². The summed E-state index contributed by atoms with van der Waals surface area (Å²) >= 11 is 5.24. The van der Waals surface area contributed by atoms with Crippen LogP contribution in [0.25, 0.3) is 0 Å². The van der Waals surface area contributed by atoms with E-state index in [-0.39, 0.29) is 11.8 Å². The Morgan fingerprint density at radius 3 is 1.95 bits per heavy atom. The van der Waals surface area contributed by atoms with Crippen LogP contribution in [0.3, 0.4) is 0 Å². The summed E-state index contributed by atoms with van der Waals surface area (Å²) in [6, 6.07) is 0. The van der Waals surface area contributed by atoms with Gasteiger partial charge in [-0.3, -0.25) is 4.79 Å². The van der Waals surface area contributed by atoms with Gasteiger partial charge in [0.15, 0.2) is 0 Å². The van der Waals surface area contributed by atoms with Crippen molar-refractivity contribution in [3.05, 3.63) is 0 Å². The summed E-state index contributed by atoms with van der Waals surface area (Å²) in [5.41, 5.74) is 5.45. The molecule has 0 spiro atoms. The molecule has 118 valence electrons. The second-order valence-electron chi connectivity index (χ2n) is 7.60. The van der Waals surface area contributed by atoms with Gasteiger partial charge < -0.3 is 11.1 Å². The molecular formula is C17H28N2OS. The Morgan fingerprint density at radius 2 is 1.57 bits per heavy atom. The Hall–Kier alpha value is -0.640. The van der Waals surface area contributed by atoms with Crippen molar-refractivity contribution < 1.29 is 4.79 Å². The molecule has 0 radical (unpaired) electrons. The molecule has 21 heavy (non-hydrogen) atoms. The van der Waals surface area contributed by atoms with E-state index in [4.69, 9.17) is 18.0 Å². The summed E-state index contributed by atoms with van der Waals surface area (Å²) < 4.78 is 0. The van der Waals surface area contributed by atoms with Gasteiger partial charge in [-0.15, -0.1) is 0 Å². The predicted octanol–water partition coefficient (Wildman–Crippen LogP) is 3.02. The number of thiocarbonyl (C=S) groups is 1. The molecular weight excluding hydrogens is 280 g/mol. The molecule has 4 rings (SSSR count). The number of carbonyl (C=O) groups is 1. The van der Waals surface area contributed by atoms with Gasteiger partial charge in [-0.05, 0) is 68.6 Å². The number of hydrogen-bond acceptors (Lipinski definition) is 2. The lowest BCUT2D eigenvalue weighted by molar-refractivity contribution is -0.139.